The van der Waals surface area contributed by atoms with Crippen molar-refractivity contribution in [2.24, 2.45) is 5.92 Å². The second kappa shape index (κ2) is 8.75. The van der Waals surface area contributed by atoms with Gasteiger partial charge in [-0.2, -0.15) is 0 Å². The van der Waals surface area contributed by atoms with Gasteiger partial charge in [0.15, 0.2) is 0 Å². The van der Waals surface area contributed by atoms with Crippen LogP contribution >= 0.6 is 0 Å². The van der Waals surface area contributed by atoms with E-state index in [9.17, 15) is 4.79 Å². The molecule has 4 nitrogen and oxygen atoms in total. The number of amides is 1. The number of ether oxygens (including phenoxy) is 2. The lowest BCUT2D eigenvalue weighted by molar-refractivity contribution is -0.122. The van der Waals surface area contributed by atoms with Gasteiger partial charge < -0.3 is 14.8 Å². The molecule has 138 valence electrons. The van der Waals surface area contributed by atoms with Gasteiger partial charge in [-0.3, -0.25) is 4.79 Å². The fourth-order valence-corrected chi connectivity index (χ4v) is 3.14. The fourth-order valence-electron chi connectivity index (χ4n) is 3.14. The fraction of sp³-hybridized carbons (Fsp3) is 0.409. The van der Waals surface area contributed by atoms with Gasteiger partial charge >= 0.3 is 0 Å². The predicted octanol–water partition coefficient (Wildman–Crippen LogP) is 4.29. The summed E-state index contributed by atoms with van der Waals surface area (Å²) in [5.74, 6) is 2.36. The molecule has 1 atom stereocenters. The zero-order valence-electron chi connectivity index (χ0n) is 15.5. The normalized spacial score (nSPS) is 14.5. The van der Waals surface area contributed by atoms with Crippen LogP contribution in [-0.2, 0) is 11.2 Å². The van der Waals surface area contributed by atoms with Crippen LogP contribution in [0.3, 0.4) is 0 Å². The van der Waals surface area contributed by atoms with E-state index in [0.29, 0.717) is 18.9 Å². The van der Waals surface area contributed by atoms with Crippen LogP contribution in [0.1, 0.15) is 43.4 Å². The lowest BCUT2D eigenvalue weighted by Gasteiger charge is -2.19. The van der Waals surface area contributed by atoms with Gasteiger partial charge in [-0.1, -0.05) is 24.3 Å². The van der Waals surface area contributed by atoms with Crippen molar-refractivity contribution in [3.8, 4) is 11.5 Å². The number of methoxy groups -OCH3 is 1. The highest BCUT2D eigenvalue weighted by Gasteiger charge is 2.33. The van der Waals surface area contributed by atoms with E-state index in [4.69, 9.17) is 9.47 Å². The van der Waals surface area contributed by atoms with Crippen molar-refractivity contribution in [2.75, 3.05) is 13.7 Å². The third kappa shape index (κ3) is 5.01. The van der Waals surface area contributed by atoms with E-state index in [2.05, 4.69) is 17.4 Å². The zero-order chi connectivity index (χ0) is 18.4. The molecule has 4 heteroatoms. The summed E-state index contributed by atoms with van der Waals surface area (Å²) in [5.41, 5.74) is 2.30. The molecular formula is C22H27NO3. The summed E-state index contributed by atoms with van der Waals surface area (Å²) < 4.78 is 10.7. The number of benzene rings is 2. The van der Waals surface area contributed by atoms with Crippen molar-refractivity contribution in [2.45, 2.75) is 38.6 Å². The van der Waals surface area contributed by atoms with E-state index in [-0.39, 0.29) is 11.9 Å². The van der Waals surface area contributed by atoms with Gasteiger partial charge in [0.05, 0.1) is 19.8 Å². The van der Waals surface area contributed by atoms with Gasteiger partial charge in [-0.15, -0.1) is 0 Å². The van der Waals surface area contributed by atoms with E-state index >= 15 is 0 Å². The Hall–Kier alpha value is -2.49. The van der Waals surface area contributed by atoms with Crippen LogP contribution in [0.5, 0.6) is 11.5 Å². The summed E-state index contributed by atoms with van der Waals surface area (Å²) in [5, 5.41) is 3.23. The second-order valence-electron chi connectivity index (χ2n) is 6.73. The molecule has 2 aromatic rings. The first-order valence-electron chi connectivity index (χ1n) is 9.34. The number of nitrogens with one attached hydrogen (secondary N) is 1. The van der Waals surface area contributed by atoms with Crippen molar-refractivity contribution in [3.05, 3.63) is 59.7 Å². The minimum Gasteiger partial charge on any atom is -0.497 e. The summed E-state index contributed by atoms with van der Waals surface area (Å²) in [6.07, 6.45) is 3.58. The van der Waals surface area contributed by atoms with Crippen LogP contribution < -0.4 is 14.8 Å². The van der Waals surface area contributed by atoms with Gasteiger partial charge in [0, 0.05) is 6.42 Å². The van der Waals surface area contributed by atoms with Crippen LogP contribution in [0.15, 0.2) is 48.5 Å². The van der Waals surface area contributed by atoms with Crippen LogP contribution in [0, 0.1) is 5.92 Å². The molecule has 1 fully saturated rings. The lowest BCUT2D eigenvalue weighted by atomic mass is 10.0. The topological polar surface area (TPSA) is 47.6 Å². The van der Waals surface area contributed by atoms with Crippen LogP contribution in [0.2, 0.25) is 0 Å². The van der Waals surface area contributed by atoms with E-state index in [0.717, 1.165) is 29.0 Å². The molecule has 0 spiro atoms. The third-order valence-corrected chi connectivity index (χ3v) is 4.76. The van der Waals surface area contributed by atoms with E-state index in [1.54, 1.807) is 7.11 Å². The van der Waals surface area contributed by atoms with Crippen molar-refractivity contribution in [1.82, 2.24) is 5.32 Å². The van der Waals surface area contributed by atoms with Gasteiger partial charge in [0.1, 0.15) is 11.5 Å². The molecule has 3 rings (SSSR count). The Balaban J connectivity index is 1.54. The molecule has 1 N–H and O–H groups in total. The molecule has 1 saturated carbocycles. The Morgan fingerprint density at radius 2 is 1.73 bits per heavy atom. The molecule has 0 saturated heterocycles. The molecule has 0 radical (unpaired) electrons. The van der Waals surface area contributed by atoms with Crippen LogP contribution in [0.25, 0.3) is 0 Å². The molecular weight excluding hydrogens is 326 g/mol. The van der Waals surface area contributed by atoms with Gasteiger partial charge in [0.2, 0.25) is 5.91 Å². The molecule has 2 aromatic carbocycles. The number of hydrogen-bond acceptors (Lipinski definition) is 3. The maximum absolute atomic E-state index is 12.5. The monoisotopic (exact) mass is 353 g/mol. The van der Waals surface area contributed by atoms with E-state index < -0.39 is 0 Å². The number of hydrogen-bond donors (Lipinski definition) is 1. The van der Waals surface area contributed by atoms with Gasteiger partial charge in [-0.25, -0.2) is 0 Å². The number of carbonyl (C=O) groups is 1. The molecule has 1 aliphatic carbocycles. The summed E-state index contributed by atoms with van der Waals surface area (Å²) in [6.45, 7) is 2.63. The lowest BCUT2D eigenvalue weighted by Crippen LogP contribution is -2.30. The Labute approximate surface area is 155 Å². The summed E-state index contributed by atoms with van der Waals surface area (Å²) in [7, 11) is 1.66. The highest BCUT2D eigenvalue weighted by Crippen LogP contribution is 2.41. The largest absolute Gasteiger partial charge is 0.497 e. The van der Waals surface area contributed by atoms with Gasteiger partial charge in [-0.05, 0) is 67.5 Å². The molecule has 0 aromatic heterocycles. The Kier molecular flexibility index (Phi) is 6.16. The molecule has 1 amide bonds. The first-order chi connectivity index (χ1) is 12.7. The number of aryl methyl sites for hydroxylation is 1. The summed E-state index contributed by atoms with van der Waals surface area (Å²) >= 11 is 0. The number of carbonyl (C=O) groups excluding carboxylic acids is 1. The highest BCUT2D eigenvalue weighted by atomic mass is 16.5. The maximum Gasteiger partial charge on any atom is 0.220 e. The van der Waals surface area contributed by atoms with E-state index in [1.165, 1.54) is 12.8 Å². The van der Waals surface area contributed by atoms with E-state index in [1.807, 2.05) is 43.3 Å². The second-order valence-corrected chi connectivity index (χ2v) is 6.73. The Morgan fingerprint density at radius 3 is 2.31 bits per heavy atom. The minimum absolute atomic E-state index is 0.103. The Morgan fingerprint density at radius 1 is 1.08 bits per heavy atom. The van der Waals surface area contributed by atoms with Crippen molar-refractivity contribution < 1.29 is 14.3 Å². The van der Waals surface area contributed by atoms with Crippen molar-refractivity contribution >= 4 is 5.91 Å². The molecule has 0 heterocycles. The average Bonchev–Trinajstić information content (AvgIpc) is 3.51. The SMILES string of the molecule is CCOc1ccc(CCC(=O)NC(c2ccc(OC)cc2)C2CC2)cc1. The predicted molar refractivity (Wildman–Crippen MR) is 103 cm³/mol. The average molecular weight is 353 g/mol. The zero-order valence-corrected chi connectivity index (χ0v) is 15.5. The molecule has 0 aliphatic heterocycles. The minimum atomic E-state index is 0.103. The summed E-state index contributed by atoms with van der Waals surface area (Å²) in [6, 6.07) is 16.1. The smallest absolute Gasteiger partial charge is 0.220 e. The van der Waals surface area contributed by atoms with Gasteiger partial charge in [0.25, 0.3) is 0 Å². The quantitative estimate of drug-likeness (QED) is 0.731. The Bertz CT molecular complexity index is 705. The van der Waals surface area contributed by atoms with Crippen LogP contribution in [-0.4, -0.2) is 19.6 Å². The molecule has 1 aliphatic rings. The molecule has 26 heavy (non-hydrogen) atoms. The first-order valence-corrected chi connectivity index (χ1v) is 9.34. The summed E-state index contributed by atoms with van der Waals surface area (Å²) in [4.78, 5) is 12.5. The van der Waals surface area contributed by atoms with Crippen molar-refractivity contribution in [3.63, 3.8) is 0 Å². The van der Waals surface area contributed by atoms with Crippen molar-refractivity contribution in [1.29, 1.82) is 0 Å². The molecule has 1 unspecified atom stereocenters. The molecule has 0 bridgehead atoms. The maximum atomic E-state index is 12.5. The highest BCUT2D eigenvalue weighted by molar-refractivity contribution is 5.76. The first kappa shape index (κ1) is 18.3. The van der Waals surface area contributed by atoms with Crippen LogP contribution in [0.4, 0.5) is 0 Å². The standard InChI is InChI=1S/C22H27NO3/c1-3-26-20-11-4-16(5-12-20)6-15-21(24)23-22(17-7-8-17)18-9-13-19(25-2)14-10-18/h4-5,9-14,17,22H,3,6-8,15H2,1-2H3,(H,23,24). The third-order valence-electron chi connectivity index (χ3n) is 4.76. The number of rotatable bonds is 9.